The SMILES string of the molecule is COCCNCC(C)(Cc1ccc(F)c(Cl)c1)C1CC1. The second kappa shape index (κ2) is 6.88. The third-order valence-corrected chi connectivity index (χ3v) is 4.46. The molecule has 0 amide bonds. The van der Waals surface area contributed by atoms with Crippen LogP contribution in [0.5, 0.6) is 0 Å². The van der Waals surface area contributed by atoms with E-state index in [1.165, 1.54) is 18.9 Å². The molecular weight excluding hydrogens is 277 g/mol. The molecule has 0 saturated heterocycles. The van der Waals surface area contributed by atoms with Crippen LogP contribution in [0.1, 0.15) is 25.3 Å². The van der Waals surface area contributed by atoms with Gasteiger partial charge in [-0.2, -0.15) is 0 Å². The van der Waals surface area contributed by atoms with E-state index in [1.54, 1.807) is 13.2 Å². The molecule has 0 bridgehead atoms. The van der Waals surface area contributed by atoms with Crippen molar-refractivity contribution in [3.63, 3.8) is 0 Å². The summed E-state index contributed by atoms with van der Waals surface area (Å²) in [5.41, 5.74) is 1.31. The van der Waals surface area contributed by atoms with Crippen molar-refractivity contribution in [2.24, 2.45) is 11.3 Å². The molecule has 1 N–H and O–H groups in total. The van der Waals surface area contributed by atoms with E-state index in [2.05, 4.69) is 12.2 Å². The van der Waals surface area contributed by atoms with Gasteiger partial charge in [0.05, 0.1) is 11.6 Å². The van der Waals surface area contributed by atoms with Crippen molar-refractivity contribution >= 4 is 11.6 Å². The first-order valence-corrected chi connectivity index (χ1v) is 7.56. The predicted octanol–water partition coefficient (Wildman–Crippen LogP) is 3.67. The average molecular weight is 300 g/mol. The molecule has 1 aromatic rings. The van der Waals surface area contributed by atoms with Gasteiger partial charge in [0.15, 0.2) is 0 Å². The minimum atomic E-state index is -0.346. The number of methoxy groups -OCH3 is 1. The molecule has 0 heterocycles. The number of hydrogen-bond donors (Lipinski definition) is 1. The molecule has 1 fully saturated rings. The summed E-state index contributed by atoms with van der Waals surface area (Å²) in [6.45, 7) is 4.85. The van der Waals surface area contributed by atoms with Gasteiger partial charge in [0.25, 0.3) is 0 Å². The first kappa shape index (κ1) is 15.7. The predicted molar refractivity (Wildman–Crippen MR) is 80.7 cm³/mol. The molecule has 0 aromatic heterocycles. The van der Waals surface area contributed by atoms with Crippen LogP contribution in [-0.2, 0) is 11.2 Å². The summed E-state index contributed by atoms with van der Waals surface area (Å²) in [6, 6.07) is 5.06. The smallest absolute Gasteiger partial charge is 0.141 e. The zero-order chi connectivity index (χ0) is 14.6. The van der Waals surface area contributed by atoms with Crippen molar-refractivity contribution in [1.82, 2.24) is 5.32 Å². The molecule has 0 radical (unpaired) electrons. The van der Waals surface area contributed by atoms with Crippen molar-refractivity contribution in [3.05, 3.63) is 34.6 Å². The number of ether oxygens (including phenoxy) is 1. The molecular formula is C16H23ClFNO. The minimum absolute atomic E-state index is 0.203. The number of halogens is 2. The van der Waals surface area contributed by atoms with Crippen molar-refractivity contribution in [3.8, 4) is 0 Å². The molecule has 0 aliphatic heterocycles. The van der Waals surface area contributed by atoms with Crippen LogP contribution in [0.4, 0.5) is 4.39 Å². The lowest BCUT2D eigenvalue weighted by atomic mass is 9.79. The molecule has 2 rings (SSSR count). The topological polar surface area (TPSA) is 21.3 Å². The van der Waals surface area contributed by atoms with Crippen LogP contribution in [0.25, 0.3) is 0 Å². The van der Waals surface area contributed by atoms with Crippen molar-refractivity contribution in [2.75, 3.05) is 26.8 Å². The lowest BCUT2D eigenvalue weighted by molar-refractivity contribution is 0.187. The number of hydrogen-bond acceptors (Lipinski definition) is 2. The third-order valence-electron chi connectivity index (χ3n) is 4.17. The summed E-state index contributed by atoms with van der Waals surface area (Å²) in [5.74, 6) is 0.406. The van der Waals surface area contributed by atoms with E-state index in [0.717, 1.165) is 37.6 Å². The van der Waals surface area contributed by atoms with Gasteiger partial charge in [-0.05, 0) is 48.3 Å². The van der Waals surface area contributed by atoms with Crippen LogP contribution in [0.2, 0.25) is 5.02 Å². The van der Waals surface area contributed by atoms with Gasteiger partial charge >= 0.3 is 0 Å². The van der Waals surface area contributed by atoms with Crippen LogP contribution < -0.4 is 5.32 Å². The van der Waals surface area contributed by atoms with Crippen LogP contribution in [0.15, 0.2) is 18.2 Å². The Morgan fingerprint density at radius 1 is 1.45 bits per heavy atom. The van der Waals surface area contributed by atoms with Gasteiger partial charge in [-0.15, -0.1) is 0 Å². The highest BCUT2D eigenvalue weighted by molar-refractivity contribution is 6.30. The first-order chi connectivity index (χ1) is 9.55. The Morgan fingerprint density at radius 3 is 2.80 bits per heavy atom. The average Bonchev–Trinajstić information content (AvgIpc) is 3.24. The maximum Gasteiger partial charge on any atom is 0.141 e. The standard InChI is InChI=1S/C16H23ClFNO/c1-16(13-4-5-13,11-19-7-8-20-2)10-12-3-6-15(18)14(17)9-12/h3,6,9,13,19H,4-5,7-8,10-11H2,1-2H3. The van der Waals surface area contributed by atoms with Crippen LogP contribution >= 0.6 is 11.6 Å². The first-order valence-electron chi connectivity index (χ1n) is 7.19. The summed E-state index contributed by atoms with van der Waals surface area (Å²) in [6.07, 6.45) is 3.51. The maximum absolute atomic E-state index is 13.2. The Kier molecular flexibility index (Phi) is 5.42. The Bertz CT molecular complexity index is 450. The molecule has 20 heavy (non-hydrogen) atoms. The monoisotopic (exact) mass is 299 g/mol. The van der Waals surface area contributed by atoms with Crippen molar-refractivity contribution in [1.29, 1.82) is 0 Å². The van der Waals surface area contributed by atoms with E-state index < -0.39 is 0 Å². The second-order valence-corrected chi connectivity index (χ2v) is 6.43. The summed E-state index contributed by atoms with van der Waals surface area (Å²) in [7, 11) is 1.71. The van der Waals surface area contributed by atoms with Gasteiger partial charge in [-0.3, -0.25) is 0 Å². The summed E-state index contributed by atoms with van der Waals surface area (Å²) in [4.78, 5) is 0. The van der Waals surface area contributed by atoms with E-state index in [9.17, 15) is 4.39 Å². The lowest BCUT2D eigenvalue weighted by Crippen LogP contribution is -2.37. The van der Waals surface area contributed by atoms with E-state index in [-0.39, 0.29) is 16.3 Å². The normalized spacial score (nSPS) is 18.0. The van der Waals surface area contributed by atoms with Crippen molar-refractivity contribution < 1.29 is 9.13 Å². The van der Waals surface area contributed by atoms with Gasteiger partial charge in [0.2, 0.25) is 0 Å². The summed E-state index contributed by atoms with van der Waals surface area (Å²) in [5, 5.41) is 3.68. The van der Waals surface area contributed by atoms with Gasteiger partial charge < -0.3 is 10.1 Å². The van der Waals surface area contributed by atoms with Crippen LogP contribution in [-0.4, -0.2) is 26.8 Å². The lowest BCUT2D eigenvalue weighted by Gasteiger charge is -2.30. The fourth-order valence-corrected chi connectivity index (χ4v) is 3.00. The molecule has 1 saturated carbocycles. The molecule has 112 valence electrons. The van der Waals surface area contributed by atoms with Crippen molar-refractivity contribution in [2.45, 2.75) is 26.2 Å². The molecule has 4 heteroatoms. The van der Waals surface area contributed by atoms with Gasteiger partial charge in [-0.25, -0.2) is 4.39 Å². The molecule has 0 spiro atoms. The van der Waals surface area contributed by atoms with E-state index in [0.29, 0.717) is 0 Å². The molecule has 1 unspecified atom stereocenters. The van der Waals surface area contributed by atoms with E-state index in [1.807, 2.05) is 6.07 Å². The minimum Gasteiger partial charge on any atom is -0.383 e. The number of rotatable bonds is 8. The second-order valence-electron chi connectivity index (χ2n) is 6.02. The fraction of sp³-hybridized carbons (Fsp3) is 0.625. The molecule has 1 atom stereocenters. The maximum atomic E-state index is 13.2. The van der Waals surface area contributed by atoms with E-state index >= 15 is 0 Å². The Balaban J connectivity index is 1.98. The number of nitrogens with one attached hydrogen (secondary N) is 1. The van der Waals surface area contributed by atoms with Gasteiger partial charge in [0.1, 0.15) is 5.82 Å². The summed E-state index contributed by atoms with van der Waals surface area (Å²) < 4.78 is 18.3. The highest BCUT2D eigenvalue weighted by Crippen LogP contribution is 2.47. The fourth-order valence-electron chi connectivity index (χ4n) is 2.80. The Labute approximate surface area is 125 Å². The Hall–Kier alpha value is -0.640. The summed E-state index contributed by atoms with van der Waals surface area (Å²) >= 11 is 5.88. The quantitative estimate of drug-likeness (QED) is 0.740. The Morgan fingerprint density at radius 2 is 2.20 bits per heavy atom. The largest absolute Gasteiger partial charge is 0.383 e. The molecule has 1 aromatic carbocycles. The number of benzene rings is 1. The zero-order valence-electron chi connectivity index (χ0n) is 12.2. The van der Waals surface area contributed by atoms with Crippen LogP contribution in [0, 0.1) is 17.2 Å². The van der Waals surface area contributed by atoms with E-state index in [4.69, 9.17) is 16.3 Å². The highest BCUT2D eigenvalue weighted by atomic mass is 35.5. The third kappa shape index (κ3) is 4.18. The highest BCUT2D eigenvalue weighted by Gasteiger charge is 2.41. The van der Waals surface area contributed by atoms with Gasteiger partial charge in [-0.1, -0.05) is 24.6 Å². The molecule has 1 aliphatic rings. The van der Waals surface area contributed by atoms with Gasteiger partial charge in [0, 0.05) is 20.2 Å². The molecule has 2 nitrogen and oxygen atoms in total. The van der Waals surface area contributed by atoms with Crippen LogP contribution in [0.3, 0.4) is 0 Å². The zero-order valence-corrected chi connectivity index (χ0v) is 13.0. The molecule has 1 aliphatic carbocycles.